The monoisotopic (exact) mass is 364 g/mol. The van der Waals surface area contributed by atoms with Crippen LogP contribution in [0.2, 0.25) is 0 Å². The molecule has 136 valence electrons. The minimum absolute atomic E-state index is 0.0666. The lowest BCUT2D eigenvalue weighted by atomic mass is 10.0. The number of ether oxygens (including phenoxy) is 1. The van der Waals surface area contributed by atoms with Gasteiger partial charge in [-0.05, 0) is 49.9 Å². The van der Waals surface area contributed by atoms with E-state index in [9.17, 15) is 8.42 Å². The molecule has 1 aliphatic heterocycles. The molecule has 0 atom stereocenters. The van der Waals surface area contributed by atoms with Crippen LogP contribution in [-0.2, 0) is 14.9 Å². The zero-order valence-corrected chi connectivity index (χ0v) is 15.1. The summed E-state index contributed by atoms with van der Waals surface area (Å²) in [6.45, 7) is 4.71. The van der Waals surface area contributed by atoms with Crippen LogP contribution in [0.5, 0.6) is 0 Å². The van der Waals surface area contributed by atoms with Gasteiger partial charge >= 0.3 is 0 Å². The normalized spacial score (nSPS) is 15.1. The molecule has 0 radical (unpaired) electrons. The van der Waals surface area contributed by atoms with Crippen molar-refractivity contribution < 1.29 is 17.7 Å². The number of nitrogens with zero attached hydrogens (tertiary/aromatic N) is 1. The van der Waals surface area contributed by atoms with Crippen molar-refractivity contribution in [1.82, 2.24) is 4.98 Å². The minimum Gasteiger partial charge on any atom is -0.384 e. The Kier molecular flexibility index (Phi) is 7.36. The standard InChI is InChI=1S/C11H16N2O.C7H8O3S/c1-2-11(9-12-5-1)13-8-10-3-6-14-7-4-10;1-6-2-4-7(5-3-6)11(8,9)10/h1-2,5,9-10,13H,3-4,6-8H2;2-5H,1H3,(H,8,9,10). The van der Waals surface area contributed by atoms with Gasteiger partial charge in [0.2, 0.25) is 0 Å². The van der Waals surface area contributed by atoms with Crippen molar-refractivity contribution in [3.05, 3.63) is 54.4 Å². The van der Waals surface area contributed by atoms with Crippen molar-refractivity contribution >= 4 is 15.8 Å². The Morgan fingerprint density at radius 1 is 1.20 bits per heavy atom. The maximum Gasteiger partial charge on any atom is 0.294 e. The van der Waals surface area contributed by atoms with E-state index in [1.807, 2.05) is 25.3 Å². The van der Waals surface area contributed by atoms with Crippen LogP contribution in [0.15, 0.2) is 53.7 Å². The second-order valence-corrected chi connectivity index (χ2v) is 7.39. The third-order valence-corrected chi connectivity index (χ3v) is 4.78. The number of aryl methyl sites for hydroxylation is 1. The molecule has 0 unspecified atom stereocenters. The maximum absolute atomic E-state index is 10.5. The molecule has 1 aromatic carbocycles. The van der Waals surface area contributed by atoms with E-state index in [0.29, 0.717) is 0 Å². The van der Waals surface area contributed by atoms with E-state index < -0.39 is 10.1 Å². The van der Waals surface area contributed by atoms with Crippen LogP contribution in [0.3, 0.4) is 0 Å². The molecule has 7 heteroatoms. The maximum atomic E-state index is 10.5. The van der Waals surface area contributed by atoms with Crippen LogP contribution in [-0.4, -0.2) is 37.7 Å². The third-order valence-electron chi connectivity index (χ3n) is 3.92. The Hall–Kier alpha value is -1.96. The fourth-order valence-corrected chi connectivity index (χ4v) is 2.87. The van der Waals surface area contributed by atoms with Crippen molar-refractivity contribution in [2.24, 2.45) is 5.92 Å². The van der Waals surface area contributed by atoms with Crippen molar-refractivity contribution in [3.8, 4) is 0 Å². The topological polar surface area (TPSA) is 88.5 Å². The minimum atomic E-state index is -4.02. The Bertz CT molecular complexity index is 727. The van der Waals surface area contributed by atoms with Crippen LogP contribution >= 0.6 is 0 Å². The number of rotatable bonds is 4. The highest BCUT2D eigenvalue weighted by Crippen LogP contribution is 2.15. The first kappa shape index (κ1) is 19.4. The van der Waals surface area contributed by atoms with Gasteiger partial charge in [-0.3, -0.25) is 9.54 Å². The van der Waals surface area contributed by atoms with Crippen LogP contribution in [0, 0.1) is 12.8 Å². The molecular formula is C18H24N2O4S. The fourth-order valence-electron chi connectivity index (χ4n) is 2.39. The summed E-state index contributed by atoms with van der Waals surface area (Å²) in [5.41, 5.74) is 2.07. The molecule has 1 aromatic heterocycles. The molecule has 3 rings (SSSR count). The number of aromatic nitrogens is 1. The highest BCUT2D eigenvalue weighted by Gasteiger charge is 2.12. The van der Waals surface area contributed by atoms with Gasteiger partial charge in [0.15, 0.2) is 0 Å². The van der Waals surface area contributed by atoms with E-state index in [4.69, 9.17) is 9.29 Å². The van der Waals surface area contributed by atoms with Crippen molar-refractivity contribution in [1.29, 1.82) is 0 Å². The first-order valence-electron chi connectivity index (χ1n) is 8.21. The van der Waals surface area contributed by atoms with Gasteiger partial charge in [0.05, 0.1) is 10.6 Å². The Balaban J connectivity index is 0.000000186. The lowest BCUT2D eigenvalue weighted by molar-refractivity contribution is 0.0699. The highest BCUT2D eigenvalue weighted by molar-refractivity contribution is 7.85. The largest absolute Gasteiger partial charge is 0.384 e. The van der Waals surface area contributed by atoms with Gasteiger partial charge in [-0.25, -0.2) is 0 Å². The van der Waals surface area contributed by atoms with E-state index >= 15 is 0 Å². The molecule has 1 aliphatic rings. The first-order chi connectivity index (χ1) is 11.9. The molecular weight excluding hydrogens is 340 g/mol. The smallest absolute Gasteiger partial charge is 0.294 e. The third kappa shape index (κ3) is 7.21. The SMILES string of the molecule is Cc1ccc(S(=O)(=O)O)cc1.c1cncc(NCC2CCOCC2)c1. The van der Waals surface area contributed by atoms with Gasteiger partial charge in [-0.2, -0.15) is 8.42 Å². The van der Waals surface area contributed by atoms with Crippen LogP contribution < -0.4 is 5.32 Å². The van der Waals surface area contributed by atoms with E-state index in [2.05, 4.69) is 10.3 Å². The second-order valence-electron chi connectivity index (χ2n) is 5.97. The highest BCUT2D eigenvalue weighted by atomic mass is 32.2. The van der Waals surface area contributed by atoms with Gasteiger partial charge in [0.1, 0.15) is 0 Å². The molecule has 2 heterocycles. The first-order valence-corrected chi connectivity index (χ1v) is 9.65. The lowest BCUT2D eigenvalue weighted by Gasteiger charge is -2.22. The van der Waals surface area contributed by atoms with Gasteiger partial charge in [-0.1, -0.05) is 17.7 Å². The molecule has 2 N–H and O–H groups in total. The van der Waals surface area contributed by atoms with Gasteiger partial charge < -0.3 is 10.1 Å². The molecule has 2 aromatic rings. The number of pyridine rings is 1. The number of benzene rings is 1. The van der Waals surface area contributed by atoms with Gasteiger partial charge in [0, 0.05) is 32.2 Å². The molecule has 0 amide bonds. The Labute approximate surface area is 149 Å². The predicted octanol–water partition coefficient (Wildman–Crippen LogP) is 3.16. The molecule has 25 heavy (non-hydrogen) atoms. The summed E-state index contributed by atoms with van der Waals surface area (Å²) < 4.78 is 34.9. The molecule has 6 nitrogen and oxygen atoms in total. The summed E-state index contributed by atoms with van der Waals surface area (Å²) in [6, 6.07) is 9.99. The zero-order valence-electron chi connectivity index (χ0n) is 14.3. The molecule has 0 aliphatic carbocycles. The average Bonchev–Trinajstić information content (AvgIpc) is 2.62. The van der Waals surface area contributed by atoms with Crippen molar-refractivity contribution in [2.45, 2.75) is 24.7 Å². The number of nitrogens with one attached hydrogen (secondary N) is 1. The van der Waals surface area contributed by atoms with Crippen LogP contribution in [0.1, 0.15) is 18.4 Å². The molecule has 0 spiro atoms. The van der Waals surface area contributed by atoms with Crippen molar-refractivity contribution in [2.75, 3.05) is 25.1 Å². The fraction of sp³-hybridized carbons (Fsp3) is 0.389. The summed E-state index contributed by atoms with van der Waals surface area (Å²) >= 11 is 0. The lowest BCUT2D eigenvalue weighted by Crippen LogP contribution is -2.22. The van der Waals surface area contributed by atoms with E-state index in [-0.39, 0.29) is 4.90 Å². The summed E-state index contributed by atoms with van der Waals surface area (Å²) in [6.07, 6.45) is 6.00. The predicted molar refractivity (Wildman–Crippen MR) is 97.3 cm³/mol. The Morgan fingerprint density at radius 2 is 1.88 bits per heavy atom. The summed E-state index contributed by atoms with van der Waals surface area (Å²) in [5, 5.41) is 3.40. The molecule has 0 bridgehead atoms. The van der Waals surface area contributed by atoms with Gasteiger partial charge in [-0.15, -0.1) is 0 Å². The van der Waals surface area contributed by atoms with E-state index in [1.165, 1.54) is 25.0 Å². The quantitative estimate of drug-likeness (QED) is 0.810. The number of anilines is 1. The molecule has 1 saturated heterocycles. The number of hydrogen-bond acceptors (Lipinski definition) is 5. The summed E-state index contributed by atoms with van der Waals surface area (Å²) in [5.74, 6) is 0.754. The summed E-state index contributed by atoms with van der Waals surface area (Å²) in [4.78, 5) is 3.99. The number of hydrogen-bond donors (Lipinski definition) is 2. The van der Waals surface area contributed by atoms with Crippen molar-refractivity contribution in [3.63, 3.8) is 0 Å². The second kappa shape index (κ2) is 9.50. The van der Waals surface area contributed by atoms with E-state index in [0.717, 1.165) is 36.9 Å². The Morgan fingerprint density at radius 3 is 2.44 bits per heavy atom. The average molecular weight is 364 g/mol. The summed E-state index contributed by atoms with van der Waals surface area (Å²) in [7, 11) is -4.02. The van der Waals surface area contributed by atoms with E-state index in [1.54, 1.807) is 18.3 Å². The molecule has 1 fully saturated rings. The zero-order chi connectivity index (χ0) is 18.1. The van der Waals surface area contributed by atoms with Crippen LogP contribution in [0.25, 0.3) is 0 Å². The van der Waals surface area contributed by atoms with Gasteiger partial charge in [0.25, 0.3) is 10.1 Å². The van der Waals surface area contributed by atoms with Crippen LogP contribution in [0.4, 0.5) is 5.69 Å². The molecule has 0 saturated carbocycles.